The van der Waals surface area contributed by atoms with Gasteiger partial charge in [-0.1, -0.05) is 12.1 Å². The van der Waals surface area contributed by atoms with Crippen molar-refractivity contribution in [3.63, 3.8) is 0 Å². The Morgan fingerprint density at radius 2 is 1.80 bits per heavy atom. The minimum atomic E-state index is -0.346. The Balaban J connectivity index is 1.22. The maximum atomic E-state index is 14.3. The van der Waals surface area contributed by atoms with E-state index in [4.69, 9.17) is 9.47 Å². The second-order valence-electron chi connectivity index (χ2n) is 10.4. The van der Waals surface area contributed by atoms with E-state index in [9.17, 15) is 4.39 Å². The van der Waals surface area contributed by atoms with Crippen molar-refractivity contribution in [1.29, 1.82) is 0 Å². The lowest BCUT2D eigenvalue weighted by molar-refractivity contribution is 0.0211. The molecule has 2 aromatic carbocycles. The summed E-state index contributed by atoms with van der Waals surface area (Å²) in [5.74, 6) is 0.129. The fraction of sp³-hybridized carbons (Fsp3) is 0.219. The van der Waals surface area contributed by atoms with Crippen LogP contribution in [0.1, 0.15) is 18.4 Å². The Hall–Kier alpha value is -4.60. The summed E-state index contributed by atoms with van der Waals surface area (Å²) in [6, 6.07) is 16.9. The first-order chi connectivity index (χ1) is 20.1. The van der Waals surface area contributed by atoms with Gasteiger partial charge in [-0.2, -0.15) is 5.10 Å². The summed E-state index contributed by atoms with van der Waals surface area (Å²) < 4.78 is 25.8. The molecular weight excluding hydrogens is 519 g/mol. The van der Waals surface area contributed by atoms with Crippen molar-refractivity contribution < 1.29 is 13.9 Å². The Morgan fingerprint density at radius 3 is 2.68 bits per heavy atom. The maximum Gasteiger partial charge on any atom is 0.181 e. The van der Waals surface area contributed by atoms with Crippen molar-refractivity contribution in [1.82, 2.24) is 30.5 Å². The fourth-order valence-electron chi connectivity index (χ4n) is 5.54. The van der Waals surface area contributed by atoms with Crippen molar-refractivity contribution in [3.05, 3.63) is 84.6 Å². The molecule has 41 heavy (non-hydrogen) atoms. The largest absolute Gasteiger partial charge is 0.497 e. The van der Waals surface area contributed by atoms with Gasteiger partial charge in [0.15, 0.2) is 5.65 Å². The monoisotopic (exact) mass is 548 g/mol. The molecule has 0 saturated carbocycles. The highest BCUT2D eigenvalue weighted by Crippen LogP contribution is 2.36. The van der Waals surface area contributed by atoms with Crippen LogP contribution in [0.4, 0.5) is 4.39 Å². The van der Waals surface area contributed by atoms with Gasteiger partial charge in [0.05, 0.1) is 31.2 Å². The van der Waals surface area contributed by atoms with Crippen LogP contribution in [-0.4, -0.2) is 51.5 Å². The average molecular weight is 549 g/mol. The summed E-state index contributed by atoms with van der Waals surface area (Å²) in [6.07, 6.45) is 7.87. The number of benzene rings is 2. The molecule has 1 saturated heterocycles. The summed E-state index contributed by atoms with van der Waals surface area (Å²) in [4.78, 5) is 12.6. The van der Waals surface area contributed by atoms with Crippen LogP contribution in [0.15, 0.2) is 73.2 Å². The zero-order valence-electron chi connectivity index (χ0n) is 22.6. The zero-order chi connectivity index (χ0) is 27.8. The highest BCUT2D eigenvalue weighted by atomic mass is 19.1. The standard InChI is InChI=1S/C32H29FN6O2/c1-40-25-11-20(10-23(33)13-25)26-3-2-4-29-27(26)14-30(37-29)31-28-12-22(17-36-32(28)39-38-31)21-9-19(15-35-16-21)18-41-24-5-7-34-8-6-24/h2-4,9-17,24,34,37H,5-8,18H2,1H3,(H,36,38,39). The van der Waals surface area contributed by atoms with E-state index in [0.717, 1.165) is 81.4 Å². The minimum absolute atomic E-state index is 0.284. The molecule has 0 amide bonds. The van der Waals surface area contributed by atoms with Gasteiger partial charge in [-0.15, -0.1) is 0 Å². The second kappa shape index (κ2) is 10.8. The molecule has 1 aliphatic rings. The van der Waals surface area contributed by atoms with E-state index in [-0.39, 0.29) is 11.9 Å². The Labute approximate surface area is 236 Å². The number of aromatic amines is 2. The van der Waals surface area contributed by atoms with E-state index in [2.05, 4.69) is 48.7 Å². The van der Waals surface area contributed by atoms with Crippen LogP contribution in [0, 0.1) is 5.82 Å². The van der Waals surface area contributed by atoms with Gasteiger partial charge in [-0.3, -0.25) is 10.1 Å². The Kier molecular flexibility index (Phi) is 6.66. The minimum Gasteiger partial charge on any atom is -0.497 e. The molecule has 206 valence electrons. The summed E-state index contributed by atoms with van der Waals surface area (Å²) in [5.41, 5.74) is 7.83. The predicted molar refractivity (Wildman–Crippen MR) is 157 cm³/mol. The number of ether oxygens (including phenoxy) is 2. The summed E-state index contributed by atoms with van der Waals surface area (Å²) in [5, 5.41) is 12.8. The number of rotatable bonds is 7. The molecule has 0 radical (unpaired) electrons. The van der Waals surface area contributed by atoms with Crippen LogP contribution in [0.2, 0.25) is 0 Å². The number of methoxy groups -OCH3 is 1. The Bertz CT molecular complexity index is 1860. The molecule has 9 heteroatoms. The van der Waals surface area contributed by atoms with Crippen LogP contribution in [0.25, 0.3) is 55.6 Å². The second-order valence-corrected chi connectivity index (χ2v) is 10.4. The van der Waals surface area contributed by atoms with Crippen LogP contribution in [0.5, 0.6) is 5.75 Å². The topological polar surface area (TPSA) is 101 Å². The van der Waals surface area contributed by atoms with Gasteiger partial charge < -0.3 is 19.8 Å². The molecule has 6 aromatic rings. The molecule has 0 bridgehead atoms. The lowest BCUT2D eigenvalue weighted by Crippen LogP contribution is -2.32. The number of piperidine rings is 1. The first-order valence-corrected chi connectivity index (χ1v) is 13.7. The molecule has 3 N–H and O–H groups in total. The number of aromatic nitrogens is 5. The van der Waals surface area contributed by atoms with Crippen LogP contribution < -0.4 is 10.1 Å². The van der Waals surface area contributed by atoms with Crippen LogP contribution in [-0.2, 0) is 11.3 Å². The van der Waals surface area contributed by atoms with Crippen molar-refractivity contribution in [2.24, 2.45) is 0 Å². The molecule has 7 rings (SSSR count). The number of halogens is 1. The van der Waals surface area contributed by atoms with Gasteiger partial charge in [0.2, 0.25) is 0 Å². The molecule has 8 nitrogen and oxygen atoms in total. The highest BCUT2D eigenvalue weighted by Gasteiger charge is 2.17. The molecule has 1 aliphatic heterocycles. The Morgan fingerprint density at radius 1 is 0.927 bits per heavy atom. The van der Waals surface area contributed by atoms with Crippen molar-refractivity contribution in [2.45, 2.75) is 25.6 Å². The third-order valence-electron chi connectivity index (χ3n) is 7.66. The van der Waals surface area contributed by atoms with Gasteiger partial charge in [0, 0.05) is 52.1 Å². The molecule has 0 spiro atoms. The molecule has 4 aromatic heterocycles. The molecule has 1 fully saturated rings. The number of hydrogen-bond donors (Lipinski definition) is 3. The number of H-pyrrole nitrogens is 2. The number of pyridine rings is 2. The van der Waals surface area contributed by atoms with Crippen molar-refractivity contribution in [2.75, 3.05) is 20.2 Å². The maximum absolute atomic E-state index is 14.3. The summed E-state index contributed by atoms with van der Waals surface area (Å²) in [6.45, 7) is 2.53. The van der Waals surface area contributed by atoms with Crippen molar-refractivity contribution in [3.8, 4) is 39.4 Å². The molecule has 0 unspecified atom stereocenters. The normalized spacial score (nSPS) is 14.2. The number of hydrogen-bond acceptors (Lipinski definition) is 6. The SMILES string of the molecule is COc1cc(F)cc(-c2cccc3[nH]c(-c4[nH]nc5ncc(-c6cncc(COC7CCNCC7)c6)cc45)cc23)c1. The van der Waals surface area contributed by atoms with E-state index in [1.807, 2.05) is 42.9 Å². The van der Waals surface area contributed by atoms with Crippen LogP contribution >= 0.6 is 0 Å². The van der Waals surface area contributed by atoms with Crippen molar-refractivity contribution >= 4 is 21.9 Å². The van der Waals surface area contributed by atoms with E-state index in [1.54, 1.807) is 0 Å². The highest BCUT2D eigenvalue weighted by molar-refractivity contribution is 6.01. The third-order valence-corrected chi connectivity index (χ3v) is 7.66. The van der Waals surface area contributed by atoms with E-state index in [0.29, 0.717) is 18.0 Å². The molecule has 0 atom stereocenters. The molecular formula is C32H29FN6O2. The lowest BCUT2D eigenvalue weighted by Gasteiger charge is -2.22. The van der Waals surface area contributed by atoms with E-state index >= 15 is 0 Å². The summed E-state index contributed by atoms with van der Waals surface area (Å²) >= 11 is 0. The van der Waals surface area contributed by atoms with Gasteiger partial charge in [-0.05, 0) is 79.0 Å². The fourth-order valence-corrected chi connectivity index (χ4v) is 5.54. The quantitative estimate of drug-likeness (QED) is 0.218. The number of nitrogens with zero attached hydrogens (tertiary/aromatic N) is 3. The first-order valence-electron chi connectivity index (χ1n) is 13.7. The predicted octanol–water partition coefficient (Wildman–Crippen LogP) is 6.25. The van der Waals surface area contributed by atoms with Gasteiger partial charge in [-0.25, -0.2) is 9.37 Å². The van der Waals surface area contributed by atoms with Gasteiger partial charge >= 0.3 is 0 Å². The number of nitrogens with one attached hydrogen (secondary N) is 3. The average Bonchev–Trinajstić information content (AvgIpc) is 3.64. The summed E-state index contributed by atoms with van der Waals surface area (Å²) in [7, 11) is 1.54. The molecule has 5 heterocycles. The third kappa shape index (κ3) is 5.05. The lowest BCUT2D eigenvalue weighted by atomic mass is 10.0. The number of fused-ring (bicyclic) bond motifs is 2. The zero-order valence-corrected chi connectivity index (χ0v) is 22.6. The first kappa shape index (κ1) is 25.4. The molecule has 0 aliphatic carbocycles. The van der Waals surface area contributed by atoms with E-state index < -0.39 is 0 Å². The van der Waals surface area contributed by atoms with Gasteiger partial charge in [0.1, 0.15) is 11.6 Å². The van der Waals surface area contributed by atoms with Crippen LogP contribution in [0.3, 0.4) is 0 Å². The smallest absolute Gasteiger partial charge is 0.181 e. The van der Waals surface area contributed by atoms with E-state index in [1.165, 1.54) is 19.2 Å². The van der Waals surface area contributed by atoms with Gasteiger partial charge in [0.25, 0.3) is 0 Å².